The second-order valence-electron chi connectivity index (χ2n) is 2.90. The molecule has 0 saturated carbocycles. The molecule has 1 rings (SSSR count). The summed E-state index contributed by atoms with van der Waals surface area (Å²) in [6.45, 7) is 8.37. The second kappa shape index (κ2) is 2.61. The lowest BCUT2D eigenvalue weighted by atomic mass is 10.2. The van der Waals surface area contributed by atoms with Crippen molar-refractivity contribution < 1.29 is 4.84 Å². The molecule has 0 N–H and O–H groups in total. The zero-order valence-electron chi connectivity index (χ0n) is 7.86. The highest BCUT2D eigenvalue weighted by atomic mass is 16.6. The fourth-order valence-electron chi connectivity index (χ4n) is 1.37. The quantitative estimate of drug-likeness (QED) is 0.600. The predicted molar refractivity (Wildman–Crippen MR) is 45.9 cm³/mol. The molecular weight excluding hydrogens is 138 g/mol. The minimum absolute atomic E-state index is 1.20. The molecule has 0 atom stereocenters. The van der Waals surface area contributed by atoms with E-state index in [0.717, 1.165) is 0 Å². The summed E-state index contributed by atoms with van der Waals surface area (Å²) in [5, 5.41) is 0. The van der Waals surface area contributed by atoms with E-state index in [9.17, 15) is 0 Å². The van der Waals surface area contributed by atoms with E-state index >= 15 is 0 Å². The van der Waals surface area contributed by atoms with Gasteiger partial charge in [-0.2, -0.15) is 4.73 Å². The third-order valence-electron chi connectivity index (χ3n) is 2.44. The van der Waals surface area contributed by atoms with Crippen molar-refractivity contribution in [2.24, 2.45) is 0 Å². The fourth-order valence-corrected chi connectivity index (χ4v) is 1.37. The first-order valence-electron chi connectivity index (χ1n) is 3.79. The Morgan fingerprint density at radius 2 is 1.27 bits per heavy atom. The molecule has 0 saturated heterocycles. The molecule has 0 spiro atoms. The standard InChI is InChI=1S/C9H15NO/c1-6-7(2)9(4)10(11-5)8(6)3/h1-5H3. The van der Waals surface area contributed by atoms with Gasteiger partial charge in [-0.1, -0.05) is 0 Å². The van der Waals surface area contributed by atoms with Gasteiger partial charge in [0.2, 0.25) is 0 Å². The molecule has 0 aliphatic rings. The van der Waals surface area contributed by atoms with Crippen LogP contribution in [0.2, 0.25) is 0 Å². The highest BCUT2D eigenvalue weighted by molar-refractivity contribution is 5.34. The van der Waals surface area contributed by atoms with Crippen LogP contribution in [0.25, 0.3) is 0 Å². The molecule has 0 amide bonds. The summed E-state index contributed by atoms with van der Waals surface area (Å²) in [6.07, 6.45) is 0. The molecule has 1 aromatic rings. The number of hydrogen-bond donors (Lipinski definition) is 0. The maximum atomic E-state index is 5.19. The molecule has 0 radical (unpaired) electrons. The van der Waals surface area contributed by atoms with E-state index in [1.54, 1.807) is 7.11 Å². The van der Waals surface area contributed by atoms with Crippen molar-refractivity contribution in [1.82, 2.24) is 4.73 Å². The topological polar surface area (TPSA) is 14.2 Å². The Bertz CT molecular complexity index is 248. The van der Waals surface area contributed by atoms with Crippen molar-refractivity contribution in [3.63, 3.8) is 0 Å². The van der Waals surface area contributed by atoms with Crippen LogP contribution in [0.4, 0.5) is 0 Å². The lowest BCUT2D eigenvalue weighted by molar-refractivity contribution is 0.156. The summed E-state index contributed by atoms with van der Waals surface area (Å²) >= 11 is 0. The minimum Gasteiger partial charge on any atom is -0.417 e. The highest BCUT2D eigenvalue weighted by Gasteiger charge is 2.09. The molecule has 0 aromatic carbocycles. The van der Waals surface area contributed by atoms with Crippen molar-refractivity contribution in [2.45, 2.75) is 27.7 Å². The Kier molecular flexibility index (Phi) is 1.94. The largest absolute Gasteiger partial charge is 0.417 e. The minimum atomic E-state index is 1.20. The lowest BCUT2D eigenvalue weighted by Gasteiger charge is -2.05. The van der Waals surface area contributed by atoms with Crippen molar-refractivity contribution in [3.8, 4) is 0 Å². The van der Waals surface area contributed by atoms with E-state index in [4.69, 9.17) is 4.84 Å². The molecular formula is C9H15NO. The Morgan fingerprint density at radius 3 is 1.45 bits per heavy atom. The average Bonchev–Trinajstić information content (AvgIpc) is 2.17. The third-order valence-corrected chi connectivity index (χ3v) is 2.44. The molecule has 0 unspecified atom stereocenters. The van der Waals surface area contributed by atoms with Crippen LogP contribution in [0, 0.1) is 27.7 Å². The first-order valence-corrected chi connectivity index (χ1v) is 3.79. The first kappa shape index (κ1) is 8.18. The average molecular weight is 153 g/mol. The van der Waals surface area contributed by atoms with Gasteiger partial charge in [0, 0.05) is 0 Å². The van der Waals surface area contributed by atoms with Crippen LogP contribution in [-0.2, 0) is 0 Å². The molecule has 11 heavy (non-hydrogen) atoms. The van der Waals surface area contributed by atoms with Crippen molar-refractivity contribution in [1.29, 1.82) is 0 Å². The molecule has 2 heteroatoms. The zero-order valence-corrected chi connectivity index (χ0v) is 7.86. The van der Waals surface area contributed by atoms with Crippen molar-refractivity contribution in [2.75, 3.05) is 7.11 Å². The van der Waals surface area contributed by atoms with Crippen LogP contribution in [-0.4, -0.2) is 11.8 Å². The van der Waals surface area contributed by atoms with Gasteiger partial charge in [-0.15, -0.1) is 0 Å². The van der Waals surface area contributed by atoms with Crippen LogP contribution < -0.4 is 4.84 Å². The van der Waals surface area contributed by atoms with E-state index in [-0.39, 0.29) is 0 Å². The van der Waals surface area contributed by atoms with Crippen LogP contribution in [0.3, 0.4) is 0 Å². The van der Waals surface area contributed by atoms with Gasteiger partial charge in [-0.05, 0) is 38.8 Å². The monoisotopic (exact) mass is 153 g/mol. The maximum absolute atomic E-state index is 5.19. The molecule has 0 bridgehead atoms. The normalized spacial score (nSPS) is 10.3. The van der Waals surface area contributed by atoms with Gasteiger partial charge >= 0.3 is 0 Å². The Balaban J connectivity index is 3.36. The number of aromatic nitrogens is 1. The smallest absolute Gasteiger partial charge is 0.104 e. The van der Waals surface area contributed by atoms with Crippen LogP contribution >= 0.6 is 0 Å². The molecule has 0 aliphatic carbocycles. The van der Waals surface area contributed by atoms with E-state index in [0.29, 0.717) is 0 Å². The number of rotatable bonds is 1. The Hall–Kier alpha value is -0.920. The van der Waals surface area contributed by atoms with E-state index in [1.165, 1.54) is 22.5 Å². The summed E-state index contributed by atoms with van der Waals surface area (Å²) in [6, 6.07) is 0. The summed E-state index contributed by atoms with van der Waals surface area (Å²) in [5.41, 5.74) is 5.04. The SMILES string of the molecule is COn1c(C)c(C)c(C)c1C. The van der Waals surface area contributed by atoms with Crippen LogP contribution in [0.1, 0.15) is 22.5 Å². The predicted octanol–water partition coefficient (Wildman–Crippen LogP) is 1.78. The zero-order chi connectivity index (χ0) is 8.59. The van der Waals surface area contributed by atoms with E-state index in [1.807, 2.05) is 4.73 Å². The molecule has 62 valence electrons. The van der Waals surface area contributed by atoms with Crippen LogP contribution in [0.5, 0.6) is 0 Å². The highest BCUT2D eigenvalue weighted by Crippen LogP contribution is 2.18. The lowest BCUT2D eigenvalue weighted by Crippen LogP contribution is -2.09. The van der Waals surface area contributed by atoms with E-state index < -0.39 is 0 Å². The first-order chi connectivity index (χ1) is 5.09. The Labute approximate surface area is 67.7 Å². The molecule has 1 aromatic heterocycles. The van der Waals surface area contributed by atoms with Gasteiger partial charge in [-0.25, -0.2) is 0 Å². The maximum Gasteiger partial charge on any atom is 0.104 e. The van der Waals surface area contributed by atoms with Crippen molar-refractivity contribution >= 4 is 0 Å². The summed E-state index contributed by atoms with van der Waals surface area (Å²) in [7, 11) is 1.69. The van der Waals surface area contributed by atoms with E-state index in [2.05, 4.69) is 27.7 Å². The van der Waals surface area contributed by atoms with Gasteiger partial charge in [0.1, 0.15) is 7.11 Å². The number of hydrogen-bond acceptors (Lipinski definition) is 1. The summed E-state index contributed by atoms with van der Waals surface area (Å²) < 4.78 is 1.87. The molecule has 2 nitrogen and oxygen atoms in total. The van der Waals surface area contributed by atoms with Gasteiger partial charge in [0.15, 0.2) is 0 Å². The summed E-state index contributed by atoms with van der Waals surface area (Å²) in [4.78, 5) is 5.19. The Morgan fingerprint density at radius 1 is 0.909 bits per heavy atom. The van der Waals surface area contributed by atoms with Gasteiger partial charge in [0.05, 0.1) is 11.4 Å². The molecule has 1 heterocycles. The van der Waals surface area contributed by atoms with Gasteiger partial charge < -0.3 is 4.84 Å². The van der Waals surface area contributed by atoms with Crippen molar-refractivity contribution in [3.05, 3.63) is 22.5 Å². The fraction of sp³-hybridized carbons (Fsp3) is 0.556. The molecule has 0 aliphatic heterocycles. The second-order valence-corrected chi connectivity index (χ2v) is 2.90. The molecule has 0 fully saturated rings. The summed E-state index contributed by atoms with van der Waals surface area (Å²) in [5.74, 6) is 0. The van der Waals surface area contributed by atoms with Gasteiger partial charge in [0.25, 0.3) is 0 Å². The number of nitrogens with zero attached hydrogens (tertiary/aromatic N) is 1. The van der Waals surface area contributed by atoms with Gasteiger partial charge in [-0.3, -0.25) is 0 Å². The van der Waals surface area contributed by atoms with Crippen LogP contribution in [0.15, 0.2) is 0 Å². The third kappa shape index (κ3) is 1.02.